The molecule has 0 aliphatic rings. The summed E-state index contributed by atoms with van der Waals surface area (Å²) >= 11 is 0. The van der Waals surface area contributed by atoms with Gasteiger partial charge in [0, 0.05) is 12.6 Å². The zero-order chi connectivity index (χ0) is 14.7. The van der Waals surface area contributed by atoms with E-state index in [1.807, 2.05) is 0 Å². The number of amides is 2. The molecule has 0 saturated heterocycles. The predicted molar refractivity (Wildman–Crippen MR) is 69.8 cm³/mol. The lowest BCUT2D eigenvalue weighted by atomic mass is 10.2. The van der Waals surface area contributed by atoms with Gasteiger partial charge in [-0.1, -0.05) is 0 Å². The Morgan fingerprint density at radius 3 is 2.65 bits per heavy atom. The Hall–Kier alpha value is -2.77. The molecule has 0 radical (unpaired) electrons. The van der Waals surface area contributed by atoms with Crippen molar-refractivity contribution >= 4 is 23.2 Å². The van der Waals surface area contributed by atoms with Crippen LogP contribution >= 0.6 is 0 Å². The van der Waals surface area contributed by atoms with Gasteiger partial charge in [0.05, 0.1) is 5.69 Å². The van der Waals surface area contributed by atoms with Crippen LogP contribution in [0.25, 0.3) is 0 Å². The topological polar surface area (TPSA) is 99.8 Å². The van der Waals surface area contributed by atoms with Crippen molar-refractivity contribution < 1.29 is 14.0 Å². The Morgan fingerprint density at radius 1 is 1.30 bits per heavy atom. The third-order valence-electron chi connectivity index (χ3n) is 2.34. The van der Waals surface area contributed by atoms with Gasteiger partial charge in [-0.3, -0.25) is 14.7 Å². The van der Waals surface area contributed by atoms with E-state index in [0.29, 0.717) is 11.5 Å². The first-order valence-corrected chi connectivity index (χ1v) is 5.73. The number of benzene rings is 1. The molecule has 1 aromatic carbocycles. The van der Waals surface area contributed by atoms with E-state index in [-0.39, 0.29) is 17.4 Å². The maximum atomic E-state index is 13.6. The molecule has 20 heavy (non-hydrogen) atoms. The van der Waals surface area contributed by atoms with Crippen molar-refractivity contribution in [2.45, 2.75) is 13.8 Å². The summed E-state index contributed by atoms with van der Waals surface area (Å²) < 4.78 is 13.6. The molecule has 1 heterocycles. The summed E-state index contributed by atoms with van der Waals surface area (Å²) in [4.78, 5) is 26.6. The van der Waals surface area contributed by atoms with Gasteiger partial charge in [0.15, 0.2) is 0 Å². The summed E-state index contributed by atoms with van der Waals surface area (Å²) in [5, 5.41) is 11.0. The highest BCUT2D eigenvalue weighted by Crippen LogP contribution is 2.20. The number of halogens is 1. The van der Waals surface area contributed by atoms with E-state index in [1.165, 1.54) is 19.1 Å². The minimum absolute atomic E-state index is 0.0660. The molecule has 0 aliphatic carbocycles. The monoisotopic (exact) mass is 277 g/mol. The van der Waals surface area contributed by atoms with E-state index in [2.05, 4.69) is 25.8 Å². The lowest BCUT2D eigenvalue weighted by molar-refractivity contribution is -0.114. The quantitative estimate of drug-likeness (QED) is 0.790. The number of aromatic amines is 1. The number of carbonyl (C=O) groups is 2. The summed E-state index contributed by atoms with van der Waals surface area (Å²) in [7, 11) is 0. The highest BCUT2D eigenvalue weighted by molar-refractivity contribution is 6.02. The van der Waals surface area contributed by atoms with Crippen molar-refractivity contribution in [3.63, 3.8) is 0 Å². The zero-order valence-corrected chi connectivity index (χ0v) is 10.8. The number of aryl methyl sites for hydroxylation is 1. The number of hydrogen-bond acceptors (Lipinski definition) is 4. The standard InChI is InChI=1S/C12H12FN5O2/c1-6-14-11(18-17-6)12(20)16-10-5-8(15-7(2)19)3-4-9(10)13/h3-5H,1-2H3,(H,15,19)(H,16,20)(H,14,17,18). The number of hydrogen-bond donors (Lipinski definition) is 3. The smallest absolute Gasteiger partial charge is 0.295 e. The van der Waals surface area contributed by atoms with E-state index in [4.69, 9.17) is 0 Å². The Morgan fingerprint density at radius 2 is 2.05 bits per heavy atom. The van der Waals surface area contributed by atoms with Crippen LogP contribution in [0.3, 0.4) is 0 Å². The molecule has 3 N–H and O–H groups in total. The van der Waals surface area contributed by atoms with Gasteiger partial charge in [-0.15, -0.1) is 5.10 Å². The van der Waals surface area contributed by atoms with Gasteiger partial charge in [-0.25, -0.2) is 9.37 Å². The van der Waals surface area contributed by atoms with Crippen LogP contribution in [0.2, 0.25) is 0 Å². The van der Waals surface area contributed by atoms with Crippen molar-refractivity contribution in [2.24, 2.45) is 0 Å². The van der Waals surface area contributed by atoms with Crippen molar-refractivity contribution in [1.82, 2.24) is 15.2 Å². The molecule has 2 aromatic rings. The molecule has 0 spiro atoms. The lowest BCUT2D eigenvalue weighted by Crippen LogP contribution is -2.15. The number of rotatable bonds is 3. The number of nitrogens with zero attached hydrogens (tertiary/aromatic N) is 2. The number of aromatic nitrogens is 3. The van der Waals surface area contributed by atoms with Crippen molar-refractivity contribution in [3.8, 4) is 0 Å². The lowest BCUT2D eigenvalue weighted by Gasteiger charge is -2.07. The molecule has 0 unspecified atom stereocenters. The normalized spacial score (nSPS) is 10.2. The van der Waals surface area contributed by atoms with Crippen LogP contribution in [0.1, 0.15) is 23.4 Å². The first kappa shape index (κ1) is 13.7. The number of H-pyrrole nitrogens is 1. The average molecular weight is 277 g/mol. The maximum absolute atomic E-state index is 13.6. The second kappa shape index (κ2) is 5.47. The summed E-state index contributed by atoms with van der Waals surface area (Å²) in [5.41, 5.74) is 0.309. The molecule has 8 heteroatoms. The van der Waals surface area contributed by atoms with Gasteiger partial charge < -0.3 is 10.6 Å². The van der Waals surface area contributed by atoms with Crippen LogP contribution in [0.5, 0.6) is 0 Å². The van der Waals surface area contributed by atoms with Crippen molar-refractivity contribution in [3.05, 3.63) is 35.7 Å². The van der Waals surface area contributed by atoms with E-state index >= 15 is 0 Å². The summed E-state index contributed by atoms with van der Waals surface area (Å²) in [5.74, 6) is -1.18. The third kappa shape index (κ3) is 3.16. The van der Waals surface area contributed by atoms with Gasteiger partial charge in [-0.2, -0.15) is 0 Å². The molecular weight excluding hydrogens is 265 g/mol. The molecule has 2 amide bonds. The minimum Gasteiger partial charge on any atom is -0.326 e. The number of anilines is 2. The van der Waals surface area contributed by atoms with Crippen molar-refractivity contribution in [2.75, 3.05) is 10.6 Å². The van der Waals surface area contributed by atoms with E-state index in [0.717, 1.165) is 6.07 Å². The second-order valence-electron chi connectivity index (χ2n) is 4.07. The number of nitrogens with one attached hydrogen (secondary N) is 3. The third-order valence-corrected chi connectivity index (χ3v) is 2.34. The average Bonchev–Trinajstić information content (AvgIpc) is 2.79. The molecule has 104 valence electrons. The maximum Gasteiger partial charge on any atom is 0.295 e. The van der Waals surface area contributed by atoms with Crippen LogP contribution in [-0.2, 0) is 4.79 Å². The van der Waals surface area contributed by atoms with Gasteiger partial charge >= 0.3 is 0 Å². The minimum atomic E-state index is -0.645. The fourth-order valence-electron chi connectivity index (χ4n) is 1.52. The van der Waals surface area contributed by atoms with Crippen LogP contribution in [0.4, 0.5) is 15.8 Å². The molecule has 2 rings (SSSR count). The molecule has 0 aliphatic heterocycles. The first-order valence-electron chi connectivity index (χ1n) is 5.73. The Kier molecular flexibility index (Phi) is 3.74. The Labute approximate surface area is 113 Å². The molecular formula is C12H12FN5O2. The van der Waals surface area contributed by atoms with Gasteiger partial charge in [0.1, 0.15) is 11.6 Å². The Bertz CT molecular complexity index is 668. The number of carbonyl (C=O) groups excluding carboxylic acids is 2. The van der Waals surface area contributed by atoms with Crippen LogP contribution < -0.4 is 10.6 Å². The second-order valence-corrected chi connectivity index (χ2v) is 4.07. The van der Waals surface area contributed by atoms with Crippen LogP contribution in [-0.4, -0.2) is 27.0 Å². The highest BCUT2D eigenvalue weighted by atomic mass is 19.1. The fourth-order valence-corrected chi connectivity index (χ4v) is 1.52. The van der Waals surface area contributed by atoms with E-state index in [1.54, 1.807) is 6.92 Å². The summed E-state index contributed by atoms with van der Waals surface area (Å²) in [6.45, 7) is 2.97. The van der Waals surface area contributed by atoms with E-state index < -0.39 is 11.7 Å². The molecule has 0 bridgehead atoms. The SMILES string of the molecule is CC(=O)Nc1ccc(F)c(NC(=O)c2n[nH]c(C)n2)c1. The first-order chi connectivity index (χ1) is 9.45. The molecule has 0 saturated carbocycles. The van der Waals surface area contributed by atoms with Gasteiger partial charge in [0.25, 0.3) is 5.91 Å². The molecule has 1 aromatic heterocycles. The van der Waals surface area contributed by atoms with Gasteiger partial charge in [-0.05, 0) is 25.1 Å². The van der Waals surface area contributed by atoms with Gasteiger partial charge in [0.2, 0.25) is 11.7 Å². The predicted octanol–water partition coefficient (Wildman–Crippen LogP) is 1.46. The van der Waals surface area contributed by atoms with Crippen LogP contribution in [0.15, 0.2) is 18.2 Å². The molecule has 0 atom stereocenters. The fraction of sp³-hybridized carbons (Fsp3) is 0.167. The largest absolute Gasteiger partial charge is 0.326 e. The van der Waals surface area contributed by atoms with Crippen LogP contribution in [0, 0.1) is 12.7 Å². The van der Waals surface area contributed by atoms with Crippen molar-refractivity contribution in [1.29, 1.82) is 0 Å². The Balaban J connectivity index is 2.19. The molecule has 7 nitrogen and oxygen atoms in total. The van der Waals surface area contributed by atoms with E-state index in [9.17, 15) is 14.0 Å². The zero-order valence-electron chi connectivity index (χ0n) is 10.8. The highest BCUT2D eigenvalue weighted by Gasteiger charge is 2.14. The summed E-state index contributed by atoms with van der Waals surface area (Å²) in [6, 6.07) is 3.85. The molecule has 0 fully saturated rings. The summed E-state index contributed by atoms with van der Waals surface area (Å²) in [6.07, 6.45) is 0.